The third-order valence-corrected chi connectivity index (χ3v) is 3.05. The molecule has 1 aromatic carbocycles. The fourth-order valence-corrected chi connectivity index (χ4v) is 1.79. The van der Waals surface area contributed by atoms with Crippen LogP contribution in [0.1, 0.15) is 0 Å². The SMILES string of the molecule is O=C=NS(=O)(=O)c1ccc(Cl)c([N+](=O)[O-])c1. The van der Waals surface area contributed by atoms with E-state index in [2.05, 4.69) is 4.40 Å². The second kappa shape index (κ2) is 4.40. The van der Waals surface area contributed by atoms with Crippen molar-refractivity contribution in [3.63, 3.8) is 0 Å². The zero-order valence-electron chi connectivity index (χ0n) is 7.45. The smallest absolute Gasteiger partial charge is 0.258 e. The molecule has 0 aliphatic rings. The summed E-state index contributed by atoms with van der Waals surface area (Å²) in [6, 6.07) is 2.76. The Morgan fingerprint density at radius 3 is 2.56 bits per heavy atom. The molecule has 1 aromatic rings. The molecule has 0 N–H and O–H groups in total. The van der Waals surface area contributed by atoms with Crippen LogP contribution in [0.4, 0.5) is 5.69 Å². The lowest BCUT2D eigenvalue weighted by Crippen LogP contribution is -1.98. The van der Waals surface area contributed by atoms with E-state index in [9.17, 15) is 23.3 Å². The van der Waals surface area contributed by atoms with Gasteiger partial charge in [0.15, 0.2) is 0 Å². The van der Waals surface area contributed by atoms with Crippen LogP contribution >= 0.6 is 11.6 Å². The Morgan fingerprint density at radius 1 is 1.44 bits per heavy atom. The lowest BCUT2D eigenvalue weighted by Gasteiger charge is -1.98. The molecular formula is C7H3ClN2O5S. The number of sulfonamides is 1. The van der Waals surface area contributed by atoms with Gasteiger partial charge < -0.3 is 0 Å². The molecule has 0 atom stereocenters. The Hall–Kier alpha value is -1.76. The number of halogens is 1. The van der Waals surface area contributed by atoms with Gasteiger partial charge in [-0.05, 0) is 12.1 Å². The van der Waals surface area contributed by atoms with Gasteiger partial charge in [0.25, 0.3) is 21.8 Å². The molecule has 0 aliphatic carbocycles. The quantitative estimate of drug-likeness (QED) is 0.353. The molecule has 0 aliphatic heterocycles. The first kappa shape index (κ1) is 12.3. The van der Waals surface area contributed by atoms with Crippen LogP contribution in [0.2, 0.25) is 5.02 Å². The van der Waals surface area contributed by atoms with Gasteiger partial charge in [-0.1, -0.05) is 16.0 Å². The summed E-state index contributed by atoms with van der Waals surface area (Å²) in [6.45, 7) is 0. The second-order valence-electron chi connectivity index (χ2n) is 2.53. The van der Waals surface area contributed by atoms with Crippen LogP contribution < -0.4 is 0 Å². The monoisotopic (exact) mass is 262 g/mol. The fourth-order valence-electron chi connectivity index (χ4n) is 0.895. The Bertz CT molecular complexity index is 591. The van der Waals surface area contributed by atoms with Crippen molar-refractivity contribution >= 4 is 33.4 Å². The van der Waals surface area contributed by atoms with E-state index in [-0.39, 0.29) is 5.02 Å². The predicted octanol–water partition coefficient (Wildman–Crippen LogP) is 1.27. The highest BCUT2D eigenvalue weighted by molar-refractivity contribution is 7.90. The molecule has 16 heavy (non-hydrogen) atoms. The first-order chi connectivity index (χ1) is 7.38. The van der Waals surface area contributed by atoms with Crippen molar-refractivity contribution in [2.45, 2.75) is 4.90 Å². The minimum absolute atomic E-state index is 0.209. The van der Waals surface area contributed by atoms with Crippen molar-refractivity contribution in [1.29, 1.82) is 0 Å². The van der Waals surface area contributed by atoms with Crippen LogP contribution in [0.5, 0.6) is 0 Å². The average molecular weight is 263 g/mol. The zero-order valence-corrected chi connectivity index (χ0v) is 9.03. The number of nitro groups is 1. The lowest BCUT2D eigenvalue weighted by molar-refractivity contribution is -0.384. The van der Waals surface area contributed by atoms with Crippen molar-refractivity contribution in [3.8, 4) is 0 Å². The predicted molar refractivity (Wildman–Crippen MR) is 53.4 cm³/mol. The van der Waals surface area contributed by atoms with E-state index in [0.717, 1.165) is 24.3 Å². The van der Waals surface area contributed by atoms with Crippen LogP contribution in [0.15, 0.2) is 27.5 Å². The highest BCUT2D eigenvalue weighted by Gasteiger charge is 2.19. The lowest BCUT2D eigenvalue weighted by atomic mass is 10.3. The molecule has 0 radical (unpaired) electrons. The third kappa shape index (κ3) is 2.43. The van der Waals surface area contributed by atoms with E-state index in [1.807, 2.05) is 0 Å². The summed E-state index contributed by atoms with van der Waals surface area (Å²) >= 11 is 5.47. The van der Waals surface area contributed by atoms with Gasteiger partial charge in [0.05, 0.1) is 9.82 Å². The van der Waals surface area contributed by atoms with Gasteiger partial charge in [0.2, 0.25) is 0 Å². The highest BCUT2D eigenvalue weighted by Crippen LogP contribution is 2.27. The third-order valence-electron chi connectivity index (χ3n) is 1.57. The first-order valence-electron chi connectivity index (χ1n) is 3.66. The fraction of sp³-hybridized carbons (Fsp3) is 0. The van der Waals surface area contributed by atoms with Gasteiger partial charge in [-0.2, -0.15) is 8.42 Å². The largest absolute Gasteiger partial charge is 0.292 e. The number of nitrogens with zero attached hydrogens (tertiary/aromatic N) is 2. The second-order valence-corrected chi connectivity index (χ2v) is 4.54. The van der Waals surface area contributed by atoms with Crippen molar-refractivity contribution in [2.75, 3.05) is 0 Å². The zero-order chi connectivity index (χ0) is 12.3. The van der Waals surface area contributed by atoms with Gasteiger partial charge in [0.1, 0.15) is 5.02 Å². The number of rotatable bonds is 3. The van der Waals surface area contributed by atoms with Gasteiger partial charge in [-0.3, -0.25) is 10.1 Å². The Morgan fingerprint density at radius 2 is 2.06 bits per heavy atom. The molecule has 84 valence electrons. The van der Waals surface area contributed by atoms with E-state index in [4.69, 9.17) is 11.6 Å². The molecule has 0 spiro atoms. The van der Waals surface area contributed by atoms with E-state index >= 15 is 0 Å². The summed E-state index contributed by atoms with van der Waals surface area (Å²) in [5, 5.41) is 10.3. The van der Waals surface area contributed by atoms with Crippen LogP contribution in [0.3, 0.4) is 0 Å². The summed E-state index contributed by atoms with van der Waals surface area (Å²) in [5.41, 5.74) is -0.580. The molecule has 0 unspecified atom stereocenters. The van der Waals surface area contributed by atoms with Crippen molar-refractivity contribution in [3.05, 3.63) is 33.3 Å². The first-order valence-corrected chi connectivity index (χ1v) is 5.48. The van der Waals surface area contributed by atoms with Crippen LogP contribution in [0, 0.1) is 10.1 Å². The van der Waals surface area contributed by atoms with E-state index in [0.29, 0.717) is 0 Å². The van der Waals surface area contributed by atoms with Crippen molar-refractivity contribution in [2.24, 2.45) is 4.40 Å². The Balaban J connectivity index is 3.45. The molecule has 0 saturated heterocycles. The van der Waals surface area contributed by atoms with Gasteiger partial charge >= 0.3 is 0 Å². The average Bonchev–Trinajstić information content (AvgIpc) is 2.17. The number of benzene rings is 1. The molecule has 0 saturated carbocycles. The summed E-state index contributed by atoms with van der Waals surface area (Å²) in [5.74, 6) is 0. The standard InChI is InChI=1S/C7H3ClN2O5S/c8-6-2-1-5(3-7(6)10(12)13)16(14,15)9-4-11/h1-3H. The molecule has 1 rings (SSSR count). The maximum absolute atomic E-state index is 11.2. The number of hydrogen-bond donors (Lipinski definition) is 0. The normalized spacial score (nSPS) is 10.6. The molecule has 7 nitrogen and oxygen atoms in total. The van der Waals surface area contributed by atoms with Crippen LogP contribution in [0.25, 0.3) is 0 Å². The van der Waals surface area contributed by atoms with Gasteiger partial charge in [-0.25, -0.2) is 4.79 Å². The molecule has 0 heterocycles. The molecule has 0 bridgehead atoms. The molecule has 0 amide bonds. The number of hydrogen-bond acceptors (Lipinski definition) is 5. The van der Waals surface area contributed by atoms with E-state index < -0.39 is 25.5 Å². The van der Waals surface area contributed by atoms with Crippen LogP contribution in [-0.2, 0) is 14.8 Å². The maximum atomic E-state index is 11.2. The minimum atomic E-state index is -4.24. The number of carbonyl (C=O) groups excluding carboxylic acids is 1. The van der Waals surface area contributed by atoms with E-state index in [1.54, 1.807) is 0 Å². The van der Waals surface area contributed by atoms with Crippen molar-refractivity contribution < 1.29 is 18.1 Å². The summed E-state index contributed by atoms with van der Waals surface area (Å²) in [7, 11) is -4.24. The van der Waals surface area contributed by atoms with Gasteiger partial charge in [0, 0.05) is 6.07 Å². The summed E-state index contributed by atoms with van der Waals surface area (Å²) < 4.78 is 25.0. The van der Waals surface area contributed by atoms with Gasteiger partial charge in [-0.15, -0.1) is 0 Å². The summed E-state index contributed by atoms with van der Waals surface area (Å²) in [4.78, 5) is 19.0. The molecular weight excluding hydrogens is 260 g/mol. The Kier molecular flexibility index (Phi) is 3.38. The van der Waals surface area contributed by atoms with Crippen molar-refractivity contribution in [1.82, 2.24) is 0 Å². The van der Waals surface area contributed by atoms with Crippen LogP contribution in [-0.4, -0.2) is 19.4 Å². The number of isocyanates is 1. The maximum Gasteiger partial charge on any atom is 0.292 e. The summed E-state index contributed by atoms with van der Waals surface area (Å²) in [6.07, 6.45) is 0.854. The molecule has 0 aromatic heterocycles. The van der Waals surface area contributed by atoms with E-state index in [1.165, 1.54) is 0 Å². The minimum Gasteiger partial charge on any atom is -0.258 e. The Labute approximate surface area is 94.6 Å². The molecule has 0 fully saturated rings. The highest BCUT2D eigenvalue weighted by atomic mass is 35.5. The number of nitro benzene ring substituents is 1. The topological polar surface area (TPSA) is 107 Å². The molecule has 9 heteroatoms.